The number of halogens is 2. The van der Waals surface area contributed by atoms with Crippen LogP contribution in [0.1, 0.15) is 18.4 Å². The highest BCUT2D eigenvalue weighted by Gasteiger charge is 2.20. The Kier molecular flexibility index (Phi) is 4.87. The van der Waals surface area contributed by atoms with Crippen LogP contribution in [0, 0.1) is 5.82 Å². The molecule has 8 heteroatoms. The van der Waals surface area contributed by atoms with Gasteiger partial charge in [-0.1, -0.05) is 23.9 Å². The van der Waals surface area contributed by atoms with Crippen LogP contribution in [0.3, 0.4) is 0 Å². The lowest BCUT2D eigenvalue weighted by Crippen LogP contribution is -2.22. The molecule has 1 aliphatic carbocycles. The fourth-order valence-electron chi connectivity index (χ4n) is 1.90. The number of hydrogen-bond donors (Lipinski definition) is 1. The maximum absolute atomic E-state index is 13.5. The van der Waals surface area contributed by atoms with E-state index in [9.17, 15) is 4.39 Å². The lowest BCUT2D eigenvalue weighted by Gasteiger charge is -2.06. The lowest BCUT2D eigenvalue weighted by atomic mass is 10.2. The molecule has 0 radical (unpaired) electrons. The number of thioether (sulfide) groups is 1. The monoisotopic (exact) mass is 371 g/mol. The fraction of sp³-hybridized carbons (Fsp3) is 0.462. The molecule has 1 aromatic heterocycles. The summed E-state index contributed by atoms with van der Waals surface area (Å²) in [6.45, 7) is 1.61. The zero-order valence-corrected chi connectivity index (χ0v) is 13.7. The van der Waals surface area contributed by atoms with E-state index >= 15 is 0 Å². The zero-order chi connectivity index (χ0) is 14.7. The SMILES string of the molecule is Fc1cccc(CSc2nnnn2CCNC2CC2)c1Br. The molecule has 2 aromatic rings. The number of hydrogen-bond acceptors (Lipinski definition) is 5. The number of nitrogens with one attached hydrogen (secondary N) is 1. The molecule has 1 N–H and O–H groups in total. The van der Waals surface area contributed by atoms with Crippen molar-refractivity contribution >= 4 is 27.7 Å². The zero-order valence-electron chi connectivity index (χ0n) is 11.3. The van der Waals surface area contributed by atoms with Gasteiger partial charge in [0.15, 0.2) is 0 Å². The minimum atomic E-state index is -0.249. The average molecular weight is 372 g/mol. The van der Waals surface area contributed by atoms with Crippen molar-refractivity contribution in [1.29, 1.82) is 0 Å². The maximum Gasteiger partial charge on any atom is 0.209 e. The number of benzene rings is 1. The molecule has 0 bridgehead atoms. The van der Waals surface area contributed by atoms with Crippen molar-refractivity contribution in [2.45, 2.75) is 36.3 Å². The van der Waals surface area contributed by atoms with Crippen molar-refractivity contribution in [1.82, 2.24) is 25.5 Å². The van der Waals surface area contributed by atoms with Gasteiger partial charge < -0.3 is 5.32 Å². The van der Waals surface area contributed by atoms with Crippen LogP contribution in [0.2, 0.25) is 0 Å². The molecule has 0 atom stereocenters. The number of rotatable bonds is 7. The van der Waals surface area contributed by atoms with Gasteiger partial charge in [0.25, 0.3) is 0 Å². The van der Waals surface area contributed by atoms with Gasteiger partial charge in [-0.25, -0.2) is 9.07 Å². The van der Waals surface area contributed by atoms with E-state index in [1.807, 2.05) is 6.07 Å². The molecule has 0 saturated heterocycles. The molecule has 112 valence electrons. The van der Waals surface area contributed by atoms with Crippen LogP contribution in [0.25, 0.3) is 0 Å². The van der Waals surface area contributed by atoms with Gasteiger partial charge in [-0.15, -0.1) is 5.10 Å². The topological polar surface area (TPSA) is 55.6 Å². The van der Waals surface area contributed by atoms with E-state index in [2.05, 4.69) is 36.8 Å². The predicted octanol–water partition coefficient (Wildman–Crippen LogP) is 2.62. The minimum absolute atomic E-state index is 0.249. The summed E-state index contributed by atoms with van der Waals surface area (Å²) in [7, 11) is 0. The summed E-state index contributed by atoms with van der Waals surface area (Å²) in [5.41, 5.74) is 0.894. The molecule has 1 fully saturated rings. The highest BCUT2D eigenvalue weighted by atomic mass is 79.9. The van der Waals surface area contributed by atoms with Gasteiger partial charge in [-0.05, 0) is 50.8 Å². The molecule has 0 unspecified atom stereocenters. The van der Waals surface area contributed by atoms with Crippen LogP contribution in [0.15, 0.2) is 27.8 Å². The molecule has 1 aliphatic rings. The summed E-state index contributed by atoms with van der Waals surface area (Å²) >= 11 is 4.78. The van der Waals surface area contributed by atoms with Crippen molar-refractivity contribution in [2.24, 2.45) is 0 Å². The van der Waals surface area contributed by atoms with Crippen LogP contribution in [-0.4, -0.2) is 32.8 Å². The Morgan fingerprint density at radius 1 is 1.43 bits per heavy atom. The standard InChI is InChI=1S/C13H15BrFN5S/c14-12-9(2-1-3-11(12)15)8-21-13-17-18-19-20(13)7-6-16-10-4-5-10/h1-3,10,16H,4-8H2. The van der Waals surface area contributed by atoms with Crippen LogP contribution >= 0.6 is 27.7 Å². The van der Waals surface area contributed by atoms with E-state index in [4.69, 9.17) is 0 Å². The van der Waals surface area contributed by atoms with Crippen molar-refractivity contribution in [3.8, 4) is 0 Å². The van der Waals surface area contributed by atoms with Crippen molar-refractivity contribution in [3.63, 3.8) is 0 Å². The highest BCUT2D eigenvalue weighted by Crippen LogP contribution is 2.27. The second-order valence-electron chi connectivity index (χ2n) is 4.91. The Bertz CT molecular complexity index is 616. The van der Waals surface area contributed by atoms with Crippen molar-refractivity contribution in [3.05, 3.63) is 34.1 Å². The molecular formula is C13H15BrFN5S. The number of tetrazole rings is 1. The van der Waals surface area contributed by atoms with Gasteiger partial charge in [0.2, 0.25) is 5.16 Å². The Morgan fingerprint density at radius 3 is 3.10 bits per heavy atom. The van der Waals surface area contributed by atoms with Gasteiger partial charge in [-0.2, -0.15) is 0 Å². The first-order valence-corrected chi connectivity index (χ1v) is 8.57. The third kappa shape index (κ3) is 4.02. The quantitative estimate of drug-likeness (QED) is 0.758. The Morgan fingerprint density at radius 2 is 2.29 bits per heavy atom. The summed E-state index contributed by atoms with van der Waals surface area (Å²) in [5.74, 6) is 0.371. The number of aromatic nitrogens is 4. The Balaban J connectivity index is 1.57. The second kappa shape index (κ2) is 6.85. The maximum atomic E-state index is 13.5. The second-order valence-corrected chi connectivity index (χ2v) is 6.65. The smallest absolute Gasteiger partial charge is 0.209 e. The molecule has 3 rings (SSSR count). The third-order valence-corrected chi connectivity index (χ3v) is 5.12. The largest absolute Gasteiger partial charge is 0.312 e. The normalized spacial score (nSPS) is 14.6. The van der Waals surface area contributed by atoms with Gasteiger partial charge in [0, 0.05) is 18.3 Å². The lowest BCUT2D eigenvalue weighted by molar-refractivity contribution is 0.509. The average Bonchev–Trinajstić information content (AvgIpc) is 3.19. The van der Waals surface area contributed by atoms with Gasteiger partial charge >= 0.3 is 0 Å². The van der Waals surface area contributed by atoms with Crippen molar-refractivity contribution in [2.75, 3.05) is 6.54 Å². The third-order valence-electron chi connectivity index (χ3n) is 3.22. The first-order chi connectivity index (χ1) is 10.2. The highest BCUT2D eigenvalue weighted by molar-refractivity contribution is 9.10. The first kappa shape index (κ1) is 14.9. The fourth-order valence-corrected chi connectivity index (χ4v) is 3.39. The molecule has 0 aliphatic heterocycles. The molecule has 1 aromatic carbocycles. The molecule has 0 spiro atoms. The summed E-state index contributed by atoms with van der Waals surface area (Å²) < 4.78 is 15.8. The Hall–Kier alpha value is -0.990. The van der Waals surface area contributed by atoms with E-state index in [-0.39, 0.29) is 5.82 Å². The summed E-state index contributed by atoms with van der Waals surface area (Å²) in [4.78, 5) is 0. The van der Waals surface area contributed by atoms with Gasteiger partial charge in [0.1, 0.15) is 5.82 Å². The predicted molar refractivity (Wildman–Crippen MR) is 82.5 cm³/mol. The molecule has 5 nitrogen and oxygen atoms in total. The summed E-state index contributed by atoms with van der Waals surface area (Å²) in [6, 6.07) is 5.72. The van der Waals surface area contributed by atoms with Crippen molar-refractivity contribution < 1.29 is 4.39 Å². The van der Waals surface area contributed by atoms with E-state index in [1.165, 1.54) is 30.7 Å². The van der Waals surface area contributed by atoms with E-state index in [1.54, 1.807) is 10.7 Å². The number of nitrogens with zero attached hydrogens (tertiary/aromatic N) is 4. The molecule has 0 amide bonds. The molecular weight excluding hydrogens is 357 g/mol. The van der Waals surface area contributed by atoms with Gasteiger partial charge in [-0.3, -0.25) is 0 Å². The van der Waals surface area contributed by atoms with E-state index in [0.29, 0.717) is 16.3 Å². The first-order valence-electron chi connectivity index (χ1n) is 6.79. The summed E-state index contributed by atoms with van der Waals surface area (Å²) in [6.07, 6.45) is 2.54. The Labute approximate surface area is 134 Å². The van der Waals surface area contributed by atoms with Crippen LogP contribution < -0.4 is 5.32 Å². The summed E-state index contributed by atoms with van der Waals surface area (Å²) in [5, 5.41) is 15.9. The molecule has 21 heavy (non-hydrogen) atoms. The van der Waals surface area contributed by atoms with Crippen LogP contribution in [0.5, 0.6) is 0 Å². The van der Waals surface area contributed by atoms with Crippen LogP contribution in [-0.2, 0) is 12.3 Å². The molecule has 1 heterocycles. The van der Waals surface area contributed by atoms with E-state index < -0.39 is 0 Å². The van der Waals surface area contributed by atoms with E-state index in [0.717, 1.165) is 23.8 Å². The molecule has 1 saturated carbocycles. The van der Waals surface area contributed by atoms with Gasteiger partial charge in [0.05, 0.1) is 11.0 Å². The van der Waals surface area contributed by atoms with Crippen LogP contribution in [0.4, 0.5) is 4.39 Å². The minimum Gasteiger partial charge on any atom is -0.312 e.